The molecule has 0 aromatic heterocycles. The molecule has 3 aromatic rings. The number of rotatable bonds is 19. The Morgan fingerprint density at radius 1 is 0.793 bits per heavy atom. The summed E-state index contributed by atoms with van der Waals surface area (Å²) in [5.41, 5.74) is 12.1. The SMILES string of the molecule is CC(=O)N[C@@H](Cc1ccccc1)C(=O)N[C@H](C(=O)N1CCCC[C@H]1C(=O)N[C@@H](Cc1ccc2ccccc2c1)C(=O)N[C@@H](CCC(N)=O)C(N)=O)[C@@H](C)OP(=O)(O)O. The molecule has 1 saturated heterocycles. The van der Waals surface area contributed by atoms with Crippen LogP contribution in [0.15, 0.2) is 72.8 Å². The zero-order valence-electron chi connectivity index (χ0n) is 32.2. The van der Waals surface area contributed by atoms with E-state index >= 15 is 0 Å². The number of nitrogens with zero attached hydrogens (tertiary/aromatic N) is 1. The van der Waals surface area contributed by atoms with Crippen LogP contribution in [0.4, 0.5) is 0 Å². The van der Waals surface area contributed by atoms with E-state index in [1.165, 1.54) is 13.8 Å². The number of carbonyl (C=O) groups is 7. The van der Waals surface area contributed by atoms with Crippen LogP contribution in [-0.4, -0.2) is 98.9 Å². The molecule has 6 atom stereocenters. The van der Waals surface area contributed by atoms with Crippen molar-refractivity contribution in [2.45, 2.75) is 95.1 Å². The molecule has 0 bridgehead atoms. The van der Waals surface area contributed by atoms with Gasteiger partial charge in [0.2, 0.25) is 41.4 Å². The molecule has 1 heterocycles. The lowest BCUT2D eigenvalue weighted by molar-refractivity contribution is -0.148. The lowest BCUT2D eigenvalue weighted by atomic mass is 9.97. The molecule has 1 aliphatic rings. The van der Waals surface area contributed by atoms with Gasteiger partial charge in [0, 0.05) is 32.7 Å². The minimum absolute atomic E-state index is 0.00937. The molecule has 19 heteroatoms. The third-order valence-corrected chi connectivity index (χ3v) is 10.2. The quantitative estimate of drug-likeness (QED) is 0.0757. The Morgan fingerprint density at radius 3 is 2.05 bits per heavy atom. The number of fused-ring (bicyclic) bond motifs is 1. The van der Waals surface area contributed by atoms with Gasteiger partial charge in [-0.25, -0.2) is 4.57 Å². The second-order valence-electron chi connectivity index (χ2n) is 14.2. The molecule has 10 N–H and O–H groups in total. The fourth-order valence-electron chi connectivity index (χ4n) is 6.79. The van der Waals surface area contributed by atoms with Gasteiger partial charge in [-0.2, -0.15) is 0 Å². The Morgan fingerprint density at radius 2 is 1.41 bits per heavy atom. The topological polar surface area (TPSA) is 290 Å². The second kappa shape index (κ2) is 20.7. The van der Waals surface area contributed by atoms with Crippen LogP contribution in [0, 0.1) is 0 Å². The lowest BCUT2D eigenvalue weighted by Gasteiger charge is -2.39. The molecule has 3 aromatic carbocycles. The van der Waals surface area contributed by atoms with Crippen molar-refractivity contribution in [3.8, 4) is 0 Å². The smallest absolute Gasteiger partial charge is 0.370 e. The number of carbonyl (C=O) groups excluding carboxylic acids is 7. The summed E-state index contributed by atoms with van der Waals surface area (Å²) >= 11 is 0. The van der Waals surface area contributed by atoms with Gasteiger partial charge in [0.25, 0.3) is 0 Å². The average Bonchev–Trinajstić information content (AvgIpc) is 3.16. The van der Waals surface area contributed by atoms with E-state index in [0.717, 1.165) is 15.7 Å². The minimum Gasteiger partial charge on any atom is -0.370 e. The standard InChI is InChI=1S/C39H50N7O11P/c1-23(57-58(54,55)56)34(45-37(51)30(42-24(2)47)21-25-10-4-3-5-11-25)39(53)46-19-9-8-14-32(46)38(52)44-31(36(50)43-29(35(41)49)17-18-33(40)48)22-26-15-16-27-12-6-7-13-28(27)20-26/h3-7,10-13,15-16,20,23,29-32,34H,8-9,14,17-19,21-22H2,1-2H3,(H2,40,48)(H2,41,49)(H,42,47)(H,43,50)(H,44,52)(H,45,51)(H2,54,55,56)/t23-,29+,30+,31+,32+,34+/m1/s1. The normalized spacial score (nSPS) is 16.8. The van der Waals surface area contributed by atoms with Gasteiger partial charge in [-0.1, -0.05) is 72.8 Å². The van der Waals surface area contributed by atoms with Gasteiger partial charge in [-0.3, -0.25) is 38.1 Å². The van der Waals surface area contributed by atoms with Crippen LogP contribution >= 0.6 is 7.82 Å². The van der Waals surface area contributed by atoms with E-state index in [2.05, 4.69) is 21.3 Å². The maximum absolute atomic E-state index is 14.4. The van der Waals surface area contributed by atoms with Crippen LogP contribution in [-0.2, 0) is 55.5 Å². The summed E-state index contributed by atoms with van der Waals surface area (Å²) in [5.74, 6) is -5.55. The Balaban J connectivity index is 1.63. The van der Waals surface area contributed by atoms with Crippen molar-refractivity contribution in [1.82, 2.24) is 26.2 Å². The number of phosphoric acid groups is 1. The molecule has 0 radical (unpaired) electrons. The number of nitrogens with two attached hydrogens (primary N) is 2. The first-order chi connectivity index (χ1) is 27.4. The molecule has 0 spiro atoms. The number of nitrogens with one attached hydrogen (secondary N) is 4. The van der Waals surface area contributed by atoms with Crippen LogP contribution in [0.3, 0.4) is 0 Å². The van der Waals surface area contributed by atoms with Crippen molar-refractivity contribution in [1.29, 1.82) is 0 Å². The molecule has 0 aliphatic carbocycles. The maximum atomic E-state index is 14.4. The van der Waals surface area contributed by atoms with Gasteiger partial charge >= 0.3 is 7.82 Å². The van der Waals surface area contributed by atoms with E-state index in [-0.39, 0.29) is 38.6 Å². The van der Waals surface area contributed by atoms with E-state index in [1.807, 2.05) is 36.4 Å². The number of benzene rings is 3. The van der Waals surface area contributed by atoms with Gasteiger partial charge in [0.1, 0.15) is 30.2 Å². The highest BCUT2D eigenvalue weighted by molar-refractivity contribution is 7.46. The van der Waals surface area contributed by atoms with Crippen molar-refractivity contribution in [3.63, 3.8) is 0 Å². The number of likely N-dealkylation sites (tertiary alicyclic amines) is 1. The number of hydrogen-bond acceptors (Lipinski definition) is 9. The molecule has 18 nitrogen and oxygen atoms in total. The van der Waals surface area contributed by atoms with Crippen LogP contribution in [0.5, 0.6) is 0 Å². The summed E-state index contributed by atoms with van der Waals surface area (Å²) in [4.78, 5) is 112. The number of hydrogen-bond donors (Lipinski definition) is 8. The van der Waals surface area contributed by atoms with E-state index in [1.54, 1.807) is 36.4 Å². The molecule has 1 fully saturated rings. The van der Waals surface area contributed by atoms with Crippen LogP contribution in [0.1, 0.15) is 57.1 Å². The molecule has 312 valence electrons. The van der Waals surface area contributed by atoms with Gasteiger partial charge in [0.15, 0.2) is 0 Å². The average molecular weight is 824 g/mol. The predicted octanol–water partition coefficient (Wildman–Crippen LogP) is 0.214. The first kappa shape index (κ1) is 45.0. The Kier molecular flexibility index (Phi) is 16.0. The summed E-state index contributed by atoms with van der Waals surface area (Å²) in [5, 5.41) is 12.0. The largest absolute Gasteiger partial charge is 0.469 e. The van der Waals surface area contributed by atoms with Crippen molar-refractivity contribution < 1.29 is 52.4 Å². The van der Waals surface area contributed by atoms with Gasteiger partial charge in [-0.15, -0.1) is 0 Å². The number of amides is 7. The molecular weight excluding hydrogens is 773 g/mol. The second-order valence-corrected chi connectivity index (χ2v) is 15.4. The summed E-state index contributed by atoms with van der Waals surface area (Å²) in [6, 6.07) is 14.8. The molecule has 4 rings (SSSR count). The molecule has 0 saturated carbocycles. The first-order valence-electron chi connectivity index (χ1n) is 18.7. The maximum Gasteiger partial charge on any atom is 0.469 e. The van der Waals surface area contributed by atoms with Gasteiger partial charge in [0.05, 0.1) is 6.10 Å². The Hall–Kier alpha value is -5.68. The van der Waals surface area contributed by atoms with Crippen molar-refractivity contribution in [2.75, 3.05) is 6.54 Å². The number of phosphoric ester groups is 1. The fourth-order valence-corrected chi connectivity index (χ4v) is 7.34. The number of piperidine rings is 1. The van der Waals surface area contributed by atoms with Gasteiger partial charge in [-0.05, 0) is 54.5 Å². The van der Waals surface area contributed by atoms with Crippen LogP contribution in [0.2, 0.25) is 0 Å². The number of primary amides is 2. The van der Waals surface area contributed by atoms with Crippen molar-refractivity contribution >= 4 is 59.9 Å². The summed E-state index contributed by atoms with van der Waals surface area (Å²) in [7, 11) is -5.22. The Bertz CT molecular complexity index is 2030. The van der Waals surface area contributed by atoms with E-state index in [4.69, 9.17) is 16.0 Å². The molecule has 58 heavy (non-hydrogen) atoms. The molecule has 0 unspecified atom stereocenters. The predicted molar refractivity (Wildman–Crippen MR) is 211 cm³/mol. The highest BCUT2D eigenvalue weighted by Gasteiger charge is 2.42. The summed E-state index contributed by atoms with van der Waals surface area (Å²) < 4.78 is 16.8. The van der Waals surface area contributed by atoms with E-state index in [0.29, 0.717) is 24.0 Å². The van der Waals surface area contributed by atoms with Gasteiger partial charge < -0.3 is 47.4 Å². The van der Waals surface area contributed by atoms with Crippen LogP contribution in [0.25, 0.3) is 10.8 Å². The van der Waals surface area contributed by atoms with E-state index in [9.17, 15) is 47.9 Å². The molecule has 1 aliphatic heterocycles. The third-order valence-electron chi connectivity index (χ3n) is 9.63. The Labute approximate surface area is 335 Å². The van der Waals surface area contributed by atoms with Crippen molar-refractivity contribution in [2.24, 2.45) is 11.5 Å². The molecular formula is C39H50N7O11P. The third kappa shape index (κ3) is 13.5. The van der Waals surface area contributed by atoms with E-state index < -0.39 is 85.5 Å². The monoisotopic (exact) mass is 823 g/mol. The first-order valence-corrected chi connectivity index (χ1v) is 20.3. The highest BCUT2D eigenvalue weighted by Crippen LogP contribution is 2.38. The zero-order chi connectivity index (χ0) is 42.6. The van der Waals surface area contributed by atoms with Crippen LogP contribution < -0.4 is 32.7 Å². The fraction of sp³-hybridized carbons (Fsp3) is 0.410. The lowest BCUT2D eigenvalue weighted by Crippen LogP contribution is -2.63. The zero-order valence-corrected chi connectivity index (χ0v) is 33.1. The molecule has 7 amide bonds. The minimum atomic E-state index is -5.22. The van der Waals surface area contributed by atoms with Crippen molar-refractivity contribution in [3.05, 3.63) is 83.9 Å². The highest BCUT2D eigenvalue weighted by atomic mass is 31.2. The summed E-state index contributed by atoms with van der Waals surface area (Å²) in [6.45, 7) is 2.36. The summed E-state index contributed by atoms with van der Waals surface area (Å²) in [6.07, 6.45) is -1.11.